The summed E-state index contributed by atoms with van der Waals surface area (Å²) in [5, 5.41) is 2.86. The van der Waals surface area contributed by atoms with E-state index in [1.807, 2.05) is 37.3 Å². The molecule has 2 aromatic carbocycles. The van der Waals surface area contributed by atoms with Crippen LogP contribution in [0.1, 0.15) is 18.5 Å². The summed E-state index contributed by atoms with van der Waals surface area (Å²) in [5.74, 6) is -0.322. The molecule has 1 unspecified atom stereocenters. The summed E-state index contributed by atoms with van der Waals surface area (Å²) >= 11 is 0. The lowest BCUT2D eigenvalue weighted by atomic mass is 10.1. The zero-order valence-corrected chi connectivity index (χ0v) is 14.1. The average molecular weight is 337 g/mol. The number of hydrogen-bond acceptors (Lipinski definition) is 3. The summed E-state index contributed by atoms with van der Waals surface area (Å²) in [6.45, 7) is 1.67. The fourth-order valence-corrected chi connectivity index (χ4v) is 2.87. The molecule has 0 bridgehead atoms. The number of para-hydroxylation sites is 2. The van der Waals surface area contributed by atoms with Crippen molar-refractivity contribution in [3.63, 3.8) is 0 Å². The number of rotatable bonds is 4. The molecule has 1 amide bonds. The Morgan fingerprint density at radius 2 is 1.56 bits per heavy atom. The Morgan fingerprint density at radius 1 is 0.960 bits per heavy atom. The summed E-state index contributed by atoms with van der Waals surface area (Å²) in [7, 11) is 1.55. The van der Waals surface area contributed by atoms with E-state index in [0.717, 1.165) is 5.56 Å². The Kier molecular flexibility index (Phi) is 4.52. The van der Waals surface area contributed by atoms with Crippen molar-refractivity contribution in [3.05, 3.63) is 80.9 Å². The van der Waals surface area contributed by atoms with Crippen LogP contribution in [-0.2, 0) is 18.4 Å². The number of nitrogens with one attached hydrogen (secondary N) is 1. The highest BCUT2D eigenvalue weighted by molar-refractivity contribution is 5.80. The summed E-state index contributed by atoms with van der Waals surface area (Å²) in [4.78, 5) is 36.9. The fraction of sp³-hybridized carbons (Fsp3) is 0.211. The number of carbonyl (C=O) groups is 1. The van der Waals surface area contributed by atoms with Gasteiger partial charge in [-0.3, -0.25) is 19.0 Å². The van der Waals surface area contributed by atoms with Gasteiger partial charge in [-0.1, -0.05) is 42.5 Å². The topological polar surface area (TPSA) is 73.1 Å². The molecular weight excluding hydrogens is 318 g/mol. The van der Waals surface area contributed by atoms with Gasteiger partial charge < -0.3 is 9.88 Å². The quantitative estimate of drug-likeness (QED) is 0.735. The Labute approximate surface area is 144 Å². The highest BCUT2D eigenvalue weighted by Gasteiger charge is 2.15. The molecule has 1 heterocycles. The molecule has 6 nitrogen and oxygen atoms in total. The van der Waals surface area contributed by atoms with Crippen molar-refractivity contribution in [1.82, 2.24) is 14.5 Å². The Balaban J connectivity index is 1.92. The van der Waals surface area contributed by atoms with E-state index in [1.165, 1.54) is 9.13 Å². The molecule has 0 aliphatic carbocycles. The van der Waals surface area contributed by atoms with Gasteiger partial charge in [0.2, 0.25) is 5.91 Å². The highest BCUT2D eigenvalue weighted by Crippen LogP contribution is 2.12. The van der Waals surface area contributed by atoms with Crippen LogP contribution in [0.4, 0.5) is 0 Å². The molecule has 128 valence electrons. The van der Waals surface area contributed by atoms with Gasteiger partial charge in [0.25, 0.3) is 0 Å². The molecule has 0 radical (unpaired) electrons. The predicted octanol–water partition coefficient (Wildman–Crippen LogP) is 1.58. The van der Waals surface area contributed by atoms with Crippen molar-refractivity contribution in [2.75, 3.05) is 0 Å². The highest BCUT2D eigenvalue weighted by atomic mass is 16.2. The summed E-state index contributed by atoms with van der Waals surface area (Å²) in [6.07, 6.45) is 0. The standard InChI is InChI=1S/C19H19N3O3/c1-13(14-8-4-3-5-9-14)20-17(23)12-22-16-11-7-6-10-15(16)21(2)18(24)19(22)25/h3-11,13H,12H2,1-2H3,(H,20,23). The van der Waals surface area contributed by atoms with Crippen molar-refractivity contribution >= 4 is 16.9 Å². The van der Waals surface area contributed by atoms with Crippen LogP contribution in [0.15, 0.2) is 64.2 Å². The maximum Gasteiger partial charge on any atom is 0.317 e. The summed E-state index contributed by atoms with van der Waals surface area (Å²) < 4.78 is 2.53. The average Bonchev–Trinajstić information content (AvgIpc) is 2.64. The van der Waals surface area contributed by atoms with Crippen molar-refractivity contribution in [1.29, 1.82) is 0 Å². The predicted molar refractivity (Wildman–Crippen MR) is 96.4 cm³/mol. The van der Waals surface area contributed by atoms with Gasteiger partial charge in [-0.2, -0.15) is 0 Å². The summed E-state index contributed by atoms with van der Waals surface area (Å²) in [5.41, 5.74) is 0.775. The molecule has 3 rings (SSSR count). The molecule has 0 saturated carbocycles. The molecule has 6 heteroatoms. The van der Waals surface area contributed by atoms with E-state index in [9.17, 15) is 14.4 Å². The van der Waals surface area contributed by atoms with Crippen LogP contribution >= 0.6 is 0 Å². The largest absolute Gasteiger partial charge is 0.348 e. The van der Waals surface area contributed by atoms with E-state index in [0.29, 0.717) is 11.0 Å². The van der Waals surface area contributed by atoms with Gasteiger partial charge >= 0.3 is 11.1 Å². The zero-order chi connectivity index (χ0) is 18.0. The maximum absolute atomic E-state index is 12.4. The molecule has 0 aliphatic heterocycles. The van der Waals surface area contributed by atoms with Crippen LogP contribution in [-0.4, -0.2) is 15.0 Å². The van der Waals surface area contributed by atoms with Crippen LogP contribution in [0, 0.1) is 0 Å². The van der Waals surface area contributed by atoms with Crippen LogP contribution in [0.25, 0.3) is 11.0 Å². The molecule has 25 heavy (non-hydrogen) atoms. The van der Waals surface area contributed by atoms with Crippen molar-refractivity contribution in [2.24, 2.45) is 7.05 Å². The molecule has 0 saturated heterocycles. The molecular formula is C19H19N3O3. The second-order valence-electron chi connectivity index (χ2n) is 5.94. The van der Waals surface area contributed by atoms with Gasteiger partial charge in [0.1, 0.15) is 6.54 Å². The number of benzene rings is 2. The van der Waals surface area contributed by atoms with Gasteiger partial charge in [0, 0.05) is 7.05 Å². The van der Waals surface area contributed by atoms with Crippen molar-refractivity contribution in [3.8, 4) is 0 Å². The molecule has 1 atom stereocenters. The third kappa shape index (κ3) is 3.24. The first-order valence-electron chi connectivity index (χ1n) is 8.02. The molecule has 1 N–H and O–H groups in total. The van der Waals surface area contributed by atoms with Crippen molar-refractivity contribution < 1.29 is 4.79 Å². The monoisotopic (exact) mass is 337 g/mol. The number of fused-ring (bicyclic) bond motifs is 1. The van der Waals surface area contributed by atoms with E-state index >= 15 is 0 Å². The van der Waals surface area contributed by atoms with Crippen LogP contribution in [0.2, 0.25) is 0 Å². The first kappa shape index (κ1) is 16.7. The Hall–Kier alpha value is -3.15. The minimum absolute atomic E-state index is 0.192. The number of aromatic nitrogens is 2. The maximum atomic E-state index is 12.4. The van der Waals surface area contributed by atoms with Crippen LogP contribution in [0.5, 0.6) is 0 Å². The first-order valence-corrected chi connectivity index (χ1v) is 8.02. The third-order valence-corrected chi connectivity index (χ3v) is 4.25. The number of amides is 1. The van der Waals surface area contributed by atoms with E-state index < -0.39 is 11.1 Å². The van der Waals surface area contributed by atoms with Crippen LogP contribution in [0.3, 0.4) is 0 Å². The van der Waals surface area contributed by atoms with E-state index in [-0.39, 0.29) is 18.5 Å². The molecule has 3 aromatic rings. The smallest absolute Gasteiger partial charge is 0.317 e. The lowest BCUT2D eigenvalue weighted by molar-refractivity contribution is -0.122. The number of carbonyl (C=O) groups excluding carboxylic acids is 1. The van der Waals surface area contributed by atoms with Gasteiger partial charge in [0.05, 0.1) is 17.1 Å². The van der Waals surface area contributed by atoms with E-state index in [2.05, 4.69) is 5.32 Å². The minimum atomic E-state index is -0.705. The molecule has 0 fully saturated rings. The van der Waals surface area contributed by atoms with Gasteiger partial charge in [-0.05, 0) is 24.6 Å². The minimum Gasteiger partial charge on any atom is -0.348 e. The zero-order valence-electron chi connectivity index (χ0n) is 14.1. The Morgan fingerprint density at radius 3 is 2.24 bits per heavy atom. The number of aryl methyl sites for hydroxylation is 1. The molecule has 0 aliphatic rings. The second-order valence-corrected chi connectivity index (χ2v) is 5.94. The first-order chi connectivity index (χ1) is 12.0. The lowest BCUT2D eigenvalue weighted by Gasteiger charge is -2.16. The van der Waals surface area contributed by atoms with E-state index in [1.54, 1.807) is 31.3 Å². The van der Waals surface area contributed by atoms with Gasteiger partial charge in [0.15, 0.2) is 0 Å². The molecule has 0 spiro atoms. The SMILES string of the molecule is CC(NC(=O)Cn1c(=O)c(=O)n(C)c2ccccc21)c1ccccc1. The fourth-order valence-electron chi connectivity index (χ4n) is 2.87. The lowest BCUT2D eigenvalue weighted by Crippen LogP contribution is -2.43. The second kappa shape index (κ2) is 6.76. The summed E-state index contributed by atoms with van der Waals surface area (Å²) in [6, 6.07) is 16.4. The van der Waals surface area contributed by atoms with Crippen LogP contribution < -0.4 is 16.4 Å². The number of nitrogens with zero attached hydrogens (tertiary/aromatic N) is 2. The Bertz CT molecular complexity index is 1040. The number of hydrogen-bond donors (Lipinski definition) is 1. The molecule has 1 aromatic heterocycles. The van der Waals surface area contributed by atoms with Gasteiger partial charge in [-0.25, -0.2) is 0 Å². The normalized spacial score (nSPS) is 12.1. The van der Waals surface area contributed by atoms with Crippen molar-refractivity contribution in [2.45, 2.75) is 19.5 Å². The third-order valence-electron chi connectivity index (χ3n) is 4.25. The van der Waals surface area contributed by atoms with Gasteiger partial charge in [-0.15, -0.1) is 0 Å². The van der Waals surface area contributed by atoms with E-state index in [4.69, 9.17) is 0 Å².